The zero-order chi connectivity index (χ0) is 17.8. The monoisotopic (exact) mass is 345 g/mol. The Morgan fingerprint density at radius 3 is 3.00 bits per heavy atom. The first-order chi connectivity index (χ1) is 12.1. The lowest BCUT2D eigenvalue weighted by Crippen LogP contribution is -2.29. The first-order valence-corrected chi connectivity index (χ1v) is 8.38. The molecule has 2 aromatic rings. The number of fused-ring (bicyclic) bond motifs is 1. The normalized spacial score (nSPS) is 14.2. The minimum absolute atomic E-state index is 0.229. The number of pyridine rings is 1. The van der Waals surface area contributed by atoms with E-state index in [2.05, 4.69) is 20.5 Å². The van der Waals surface area contributed by atoms with Crippen LogP contribution >= 0.6 is 0 Å². The molecule has 8 nitrogen and oxygen atoms in total. The third kappa shape index (κ3) is 3.63. The predicted octanol–water partition coefficient (Wildman–Crippen LogP) is 1.31. The number of methoxy groups -OCH3 is 2. The van der Waals surface area contributed by atoms with Gasteiger partial charge in [-0.05, 0) is 37.8 Å². The number of rotatable bonds is 7. The van der Waals surface area contributed by atoms with Crippen molar-refractivity contribution in [2.24, 2.45) is 0 Å². The summed E-state index contributed by atoms with van der Waals surface area (Å²) in [5.74, 6) is 0.817. The number of hydrogen-bond acceptors (Lipinski definition) is 6. The van der Waals surface area contributed by atoms with Crippen LogP contribution in [-0.4, -0.2) is 46.5 Å². The van der Waals surface area contributed by atoms with Gasteiger partial charge in [-0.15, -0.1) is 10.2 Å². The molecular weight excluding hydrogens is 322 g/mol. The van der Waals surface area contributed by atoms with Gasteiger partial charge in [0.15, 0.2) is 5.82 Å². The summed E-state index contributed by atoms with van der Waals surface area (Å²) in [6, 6.07) is 1.59. The number of carbonyl (C=O) groups is 1. The molecule has 0 bridgehead atoms. The standard InChI is InChI=1S/C17H23N5O3/c1-11(15-21-18-10-22(15)7-8-24-2)19-16(23)13-9-12-5-4-6-14(12)20-17(13)25-3/h9-11H,4-8H2,1-3H3,(H,19,23). The van der Waals surface area contributed by atoms with E-state index in [1.165, 1.54) is 7.11 Å². The van der Waals surface area contributed by atoms with Gasteiger partial charge in [-0.3, -0.25) is 4.79 Å². The van der Waals surface area contributed by atoms with E-state index in [9.17, 15) is 4.79 Å². The van der Waals surface area contributed by atoms with Crippen molar-refractivity contribution < 1.29 is 14.3 Å². The maximum absolute atomic E-state index is 12.7. The Balaban J connectivity index is 1.77. The van der Waals surface area contributed by atoms with Crippen molar-refractivity contribution in [1.82, 2.24) is 25.1 Å². The molecule has 2 aromatic heterocycles. The third-order valence-electron chi connectivity index (χ3n) is 4.37. The fraction of sp³-hybridized carbons (Fsp3) is 0.529. The van der Waals surface area contributed by atoms with E-state index in [-0.39, 0.29) is 11.9 Å². The first-order valence-electron chi connectivity index (χ1n) is 8.38. The predicted molar refractivity (Wildman–Crippen MR) is 90.6 cm³/mol. The zero-order valence-corrected chi connectivity index (χ0v) is 14.8. The largest absolute Gasteiger partial charge is 0.480 e. The Morgan fingerprint density at radius 2 is 2.24 bits per heavy atom. The number of carbonyl (C=O) groups excluding carboxylic acids is 1. The molecule has 0 saturated carbocycles. The minimum Gasteiger partial charge on any atom is -0.480 e. The Bertz CT molecular complexity index is 759. The number of hydrogen-bond donors (Lipinski definition) is 1. The van der Waals surface area contributed by atoms with Crippen molar-refractivity contribution in [2.45, 2.75) is 38.8 Å². The van der Waals surface area contributed by atoms with Gasteiger partial charge in [0.05, 0.1) is 19.8 Å². The van der Waals surface area contributed by atoms with Gasteiger partial charge in [-0.2, -0.15) is 0 Å². The summed E-state index contributed by atoms with van der Waals surface area (Å²) in [5.41, 5.74) is 2.61. The van der Waals surface area contributed by atoms with Crippen molar-refractivity contribution >= 4 is 5.91 Å². The van der Waals surface area contributed by atoms with Crippen LogP contribution in [0.25, 0.3) is 0 Å². The molecule has 1 aliphatic rings. The molecule has 1 aliphatic carbocycles. The van der Waals surface area contributed by atoms with Crippen LogP contribution in [0.5, 0.6) is 5.88 Å². The van der Waals surface area contributed by atoms with Gasteiger partial charge in [-0.25, -0.2) is 4.98 Å². The maximum atomic E-state index is 12.7. The van der Waals surface area contributed by atoms with Crippen LogP contribution in [0, 0.1) is 0 Å². The van der Waals surface area contributed by atoms with Crippen molar-refractivity contribution in [3.8, 4) is 5.88 Å². The fourth-order valence-corrected chi connectivity index (χ4v) is 3.07. The average molecular weight is 345 g/mol. The summed E-state index contributed by atoms with van der Waals surface area (Å²) < 4.78 is 12.3. The number of aryl methyl sites for hydroxylation is 2. The summed E-state index contributed by atoms with van der Waals surface area (Å²) in [6.07, 6.45) is 4.59. The second-order valence-electron chi connectivity index (χ2n) is 6.08. The highest BCUT2D eigenvalue weighted by Gasteiger charge is 2.23. The summed E-state index contributed by atoms with van der Waals surface area (Å²) in [7, 11) is 3.17. The van der Waals surface area contributed by atoms with Crippen LogP contribution in [0.3, 0.4) is 0 Å². The van der Waals surface area contributed by atoms with E-state index < -0.39 is 0 Å². The molecule has 25 heavy (non-hydrogen) atoms. The average Bonchev–Trinajstić information content (AvgIpc) is 3.26. The summed E-state index contributed by atoms with van der Waals surface area (Å²) in [6.45, 7) is 3.05. The lowest BCUT2D eigenvalue weighted by atomic mass is 10.1. The van der Waals surface area contributed by atoms with Crippen LogP contribution in [0.1, 0.15) is 46.8 Å². The van der Waals surface area contributed by atoms with Gasteiger partial charge in [0, 0.05) is 19.3 Å². The van der Waals surface area contributed by atoms with Crippen molar-refractivity contribution in [2.75, 3.05) is 20.8 Å². The minimum atomic E-state index is -0.301. The SMILES string of the molecule is COCCn1cnnc1C(C)NC(=O)c1cc2c(nc1OC)CCC2. The summed E-state index contributed by atoms with van der Waals surface area (Å²) >= 11 is 0. The molecule has 1 amide bonds. The molecule has 0 radical (unpaired) electrons. The van der Waals surface area contributed by atoms with Crippen LogP contribution in [-0.2, 0) is 24.1 Å². The Morgan fingerprint density at radius 1 is 1.40 bits per heavy atom. The fourth-order valence-electron chi connectivity index (χ4n) is 3.07. The molecule has 3 rings (SSSR count). The Kier molecular flexibility index (Phi) is 5.28. The topological polar surface area (TPSA) is 91.2 Å². The van der Waals surface area contributed by atoms with Crippen LogP contribution in [0.15, 0.2) is 12.4 Å². The molecule has 1 atom stereocenters. The van der Waals surface area contributed by atoms with Gasteiger partial charge in [0.2, 0.25) is 5.88 Å². The molecule has 2 heterocycles. The maximum Gasteiger partial charge on any atom is 0.257 e. The number of ether oxygens (including phenoxy) is 2. The van der Waals surface area contributed by atoms with E-state index >= 15 is 0 Å². The second kappa shape index (κ2) is 7.60. The van der Waals surface area contributed by atoms with Crippen LogP contribution in [0.4, 0.5) is 0 Å². The molecule has 134 valence electrons. The number of nitrogens with zero attached hydrogens (tertiary/aromatic N) is 4. The van der Waals surface area contributed by atoms with Gasteiger partial charge in [0.1, 0.15) is 11.9 Å². The van der Waals surface area contributed by atoms with E-state index in [1.807, 2.05) is 17.6 Å². The lowest BCUT2D eigenvalue weighted by Gasteiger charge is -2.16. The van der Waals surface area contributed by atoms with Crippen molar-refractivity contribution in [3.63, 3.8) is 0 Å². The summed E-state index contributed by atoms with van der Waals surface area (Å²) in [5, 5.41) is 11.0. The highest BCUT2D eigenvalue weighted by atomic mass is 16.5. The van der Waals surface area contributed by atoms with E-state index in [0.717, 1.165) is 30.5 Å². The lowest BCUT2D eigenvalue weighted by molar-refractivity contribution is 0.0933. The highest BCUT2D eigenvalue weighted by Crippen LogP contribution is 2.27. The first kappa shape index (κ1) is 17.3. The third-order valence-corrected chi connectivity index (χ3v) is 4.37. The van der Waals surface area contributed by atoms with Gasteiger partial charge in [-0.1, -0.05) is 0 Å². The molecule has 0 aliphatic heterocycles. The zero-order valence-electron chi connectivity index (χ0n) is 14.8. The van der Waals surface area contributed by atoms with Crippen LogP contribution < -0.4 is 10.1 Å². The quantitative estimate of drug-likeness (QED) is 0.813. The Labute approximate surface area is 146 Å². The van der Waals surface area contributed by atoms with Gasteiger partial charge in [0.25, 0.3) is 5.91 Å². The summed E-state index contributed by atoms with van der Waals surface area (Å²) in [4.78, 5) is 17.2. The van der Waals surface area contributed by atoms with Crippen molar-refractivity contribution in [3.05, 3.63) is 35.0 Å². The molecule has 0 saturated heterocycles. The van der Waals surface area contributed by atoms with E-state index in [0.29, 0.717) is 30.4 Å². The Hall–Kier alpha value is -2.48. The molecule has 0 spiro atoms. The van der Waals surface area contributed by atoms with Crippen molar-refractivity contribution in [1.29, 1.82) is 0 Å². The van der Waals surface area contributed by atoms with Gasteiger partial charge >= 0.3 is 0 Å². The molecular formula is C17H23N5O3. The smallest absolute Gasteiger partial charge is 0.257 e. The molecule has 1 N–H and O–H groups in total. The number of amides is 1. The van der Waals surface area contributed by atoms with Gasteiger partial charge < -0.3 is 19.4 Å². The number of aromatic nitrogens is 4. The van der Waals surface area contributed by atoms with E-state index in [4.69, 9.17) is 9.47 Å². The number of nitrogens with one attached hydrogen (secondary N) is 1. The molecule has 1 unspecified atom stereocenters. The van der Waals surface area contributed by atoms with E-state index in [1.54, 1.807) is 13.4 Å². The molecule has 8 heteroatoms. The second-order valence-corrected chi connectivity index (χ2v) is 6.08. The molecule has 0 fully saturated rings. The highest BCUT2D eigenvalue weighted by molar-refractivity contribution is 5.96. The molecule has 0 aromatic carbocycles. The van der Waals surface area contributed by atoms with Crippen LogP contribution in [0.2, 0.25) is 0 Å².